The summed E-state index contributed by atoms with van der Waals surface area (Å²) < 4.78 is 5.12. The van der Waals surface area contributed by atoms with Crippen LogP contribution >= 0.6 is 0 Å². The molecule has 2 aromatic rings. The van der Waals surface area contributed by atoms with Crippen LogP contribution in [-0.4, -0.2) is 26.2 Å². The monoisotopic (exact) mass is 231 g/mol. The van der Waals surface area contributed by atoms with Crippen molar-refractivity contribution in [3.8, 4) is 11.6 Å². The first-order chi connectivity index (χ1) is 8.31. The first-order valence-corrected chi connectivity index (χ1v) is 5.66. The molecule has 17 heavy (non-hydrogen) atoms. The van der Waals surface area contributed by atoms with Crippen LogP contribution in [0.25, 0.3) is 11.6 Å². The summed E-state index contributed by atoms with van der Waals surface area (Å²) in [5.41, 5.74) is 1.01. The Morgan fingerprint density at radius 2 is 2.06 bits per heavy atom. The van der Waals surface area contributed by atoms with Gasteiger partial charge in [-0.1, -0.05) is 5.16 Å². The smallest absolute Gasteiger partial charge is 0.241 e. The lowest BCUT2D eigenvalue weighted by Gasteiger charge is -1.94. The number of aryl methyl sites for hydroxylation is 1. The molecule has 0 bridgehead atoms. The number of hydrogen-bond acceptors (Lipinski definition) is 6. The van der Waals surface area contributed by atoms with E-state index >= 15 is 0 Å². The van der Waals surface area contributed by atoms with Gasteiger partial charge in [-0.3, -0.25) is 0 Å². The molecule has 1 aliphatic carbocycles. The first kappa shape index (κ1) is 10.3. The van der Waals surface area contributed by atoms with E-state index in [4.69, 9.17) is 4.52 Å². The van der Waals surface area contributed by atoms with Gasteiger partial charge < -0.3 is 9.84 Å². The Kier molecular flexibility index (Phi) is 2.56. The second-order valence-corrected chi connectivity index (χ2v) is 4.25. The Labute approximate surface area is 98.5 Å². The quantitative estimate of drug-likeness (QED) is 0.848. The normalized spacial score (nSPS) is 15.1. The van der Waals surface area contributed by atoms with E-state index in [-0.39, 0.29) is 0 Å². The molecule has 2 heterocycles. The van der Waals surface area contributed by atoms with E-state index in [2.05, 4.69) is 25.4 Å². The molecule has 0 amide bonds. The number of aromatic nitrogens is 4. The van der Waals surface area contributed by atoms with Crippen LogP contribution in [0.2, 0.25) is 0 Å². The zero-order chi connectivity index (χ0) is 11.7. The van der Waals surface area contributed by atoms with Gasteiger partial charge in [0.1, 0.15) is 0 Å². The Morgan fingerprint density at radius 3 is 2.76 bits per heavy atom. The highest BCUT2D eigenvalue weighted by Gasteiger charge is 2.21. The van der Waals surface area contributed by atoms with Gasteiger partial charge in [0.15, 0.2) is 0 Å². The summed E-state index contributed by atoms with van der Waals surface area (Å²) in [6.07, 6.45) is 5.95. The van der Waals surface area contributed by atoms with E-state index in [9.17, 15) is 0 Å². The lowest BCUT2D eigenvalue weighted by Crippen LogP contribution is -2.15. The molecule has 0 aromatic carbocycles. The minimum absolute atomic E-state index is 0.442. The summed E-state index contributed by atoms with van der Waals surface area (Å²) in [5.74, 6) is 1.52. The Bertz CT molecular complexity index is 503. The Balaban J connectivity index is 1.72. The molecule has 1 saturated carbocycles. The molecule has 0 atom stereocenters. The Hall–Kier alpha value is -1.82. The molecule has 1 N–H and O–H groups in total. The maximum atomic E-state index is 5.12. The maximum absolute atomic E-state index is 5.12. The largest absolute Gasteiger partial charge is 0.337 e. The van der Waals surface area contributed by atoms with Gasteiger partial charge in [-0.25, -0.2) is 9.97 Å². The number of hydrogen-bond donors (Lipinski definition) is 1. The van der Waals surface area contributed by atoms with Crippen molar-refractivity contribution in [3.63, 3.8) is 0 Å². The van der Waals surface area contributed by atoms with Gasteiger partial charge >= 0.3 is 0 Å². The van der Waals surface area contributed by atoms with Crippen molar-refractivity contribution in [2.45, 2.75) is 32.4 Å². The van der Waals surface area contributed by atoms with Crippen molar-refractivity contribution >= 4 is 0 Å². The van der Waals surface area contributed by atoms with Gasteiger partial charge in [0, 0.05) is 18.4 Å². The number of rotatable bonds is 4. The van der Waals surface area contributed by atoms with Crippen LogP contribution < -0.4 is 5.32 Å². The third kappa shape index (κ3) is 2.47. The summed E-state index contributed by atoms with van der Waals surface area (Å²) >= 11 is 0. The second-order valence-electron chi connectivity index (χ2n) is 4.25. The van der Waals surface area contributed by atoms with Crippen molar-refractivity contribution in [2.24, 2.45) is 0 Å². The molecule has 6 nitrogen and oxygen atoms in total. The number of nitrogens with one attached hydrogen (secondary N) is 1. The minimum atomic E-state index is 0.442. The van der Waals surface area contributed by atoms with E-state index in [0.717, 1.165) is 5.56 Å². The summed E-state index contributed by atoms with van der Waals surface area (Å²) in [4.78, 5) is 12.6. The second kappa shape index (κ2) is 4.21. The van der Waals surface area contributed by atoms with Gasteiger partial charge in [-0.2, -0.15) is 4.98 Å². The van der Waals surface area contributed by atoms with Gasteiger partial charge in [-0.05, 0) is 25.3 Å². The highest BCUT2D eigenvalue weighted by Crippen LogP contribution is 2.19. The van der Waals surface area contributed by atoms with Crippen LogP contribution in [-0.2, 0) is 6.54 Å². The third-order valence-electron chi connectivity index (χ3n) is 2.57. The van der Waals surface area contributed by atoms with Crippen LogP contribution in [0.4, 0.5) is 0 Å². The summed E-state index contributed by atoms with van der Waals surface area (Å²) in [5, 5.41) is 7.17. The third-order valence-corrected chi connectivity index (χ3v) is 2.57. The molecule has 3 rings (SSSR count). The van der Waals surface area contributed by atoms with Gasteiger partial charge in [-0.15, -0.1) is 0 Å². The minimum Gasteiger partial charge on any atom is -0.337 e. The van der Waals surface area contributed by atoms with Crippen LogP contribution in [0.5, 0.6) is 0 Å². The zero-order valence-corrected chi connectivity index (χ0v) is 9.55. The molecule has 1 fully saturated rings. The molecule has 88 valence electrons. The van der Waals surface area contributed by atoms with Crippen molar-refractivity contribution in [1.29, 1.82) is 0 Å². The lowest BCUT2D eigenvalue weighted by molar-refractivity contribution is 0.367. The van der Waals surface area contributed by atoms with Gasteiger partial charge in [0.2, 0.25) is 17.5 Å². The van der Waals surface area contributed by atoms with Crippen molar-refractivity contribution < 1.29 is 4.52 Å². The van der Waals surface area contributed by atoms with Crippen LogP contribution in [0.1, 0.15) is 24.3 Å². The van der Waals surface area contributed by atoms with E-state index in [1.807, 2.05) is 6.92 Å². The molecule has 0 unspecified atom stereocenters. The SMILES string of the molecule is Cc1cnc(-c2noc(CNC3CC3)n2)nc1. The fourth-order valence-electron chi connectivity index (χ4n) is 1.44. The fraction of sp³-hybridized carbons (Fsp3) is 0.455. The fourth-order valence-corrected chi connectivity index (χ4v) is 1.44. The van der Waals surface area contributed by atoms with Gasteiger partial charge in [0.25, 0.3) is 0 Å². The average molecular weight is 231 g/mol. The molecule has 2 aromatic heterocycles. The summed E-state index contributed by atoms with van der Waals surface area (Å²) in [7, 11) is 0. The first-order valence-electron chi connectivity index (χ1n) is 5.66. The average Bonchev–Trinajstić information content (AvgIpc) is 3.06. The van der Waals surface area contributed by atoms with E-state index in [1.54, 1.807) is 12.4 Å². The maximum Gasteiger partial charge on any atom is 0.241 e. The van der Waals surface area contributed by atoms with Crippen molar-refractivity contribution in [1.82, 2.24) is 25.4 Å². The molecule has 0 aliphatic heterocycles. The highest BCUT2D eigenvalue weighted by molar-refractivity contribution is 5.40. The lowest BCUT2D eigenvalue weighted by atomic mass is 10.4. The van der Waals surface area contributed by atoms with Crippen LogP contribution in [0.15, 0.2) is 16.9 Å². The van der Waals surface area contributed by atoms with Crippen molar-refractivity contribution in [2.75, 3.05) is 0 Å². The van der Waals surface area contributed by atoms with Crippen LogP contribution in [0, 0.1) is 6.92 Å². The summed E-state index contributed by atoms with van der Waals surface area (Å²) in [6.45, 7) is 2.55. The standard InChI is InChI=1S/C11H13N5O/c1-7-4-13-10(14-5-7)11-15-9(17-16-11)6-12-8-2-3-8/h4-5,8,12H,2-3,6H2,1H3. The predicted molar refractivity (Wildman–Crippen MR) is 59.9 cm³/mol. The molecule has 0 spiro atoms. The molecular weight excluding hydrogens is 218 g/mol. The molecule has 0 saturated heterocycles. The Morgan fingerprint density at radius 1 is 1.29 bits per heavy atom. The van der Waals surface area contributed by atoms with E-state index in [1.165, 1.54) is 12.8 Å². The van der Waals surface area contributed by atoms with E-state index in [0.29, 0.717) is 30.1 Å². The van der Waals surface area contributed by atoms with Crippen molar-refractivity contribution in [3.05, 3.63) is 23.8 Å². The molecule has 0 radical (unpaired) electrons. The molecule has 1 aliphatic rings. The topological polar surface area (TPSA) is 76.7 Å². The highest BCUT2D eigenvalue weighted by atomic mass is 16.5. The number of nitrogens with zero attached hydrogens (tertiary/aromatic N) is 4. The van der Waals surface area contributed by atoms with Gasteiger partial charge in [0.05, 0.1) is 6.54 Å². The molecule has 6 heteroatoms. The van der Waals surface area contributed by atoms with Crippen LogP contribution in [0.3, 0.4) is 0 Å². The van der Waals surface area contributed by atoms with E-state index < -0.39 is 0 Å². The predicted octanol–water partition coefficient (Wildman–Crippen LogP) is 1.09. The summed E-state index contributed by atoms with van der Waals surface area (Å²) in [6, 6.07) is 0.626. The molecular formula is C11H13N5O. The zero-order valence-electron chi connectivity index (χ0n) is 9.55.